The first-order chi connectivity index (χ1) is 16.5. The van der Waals surface area contributed by atoms with Crippen molar-refractivity contribution in [2.75, 3.05) is 0 Å². The van der Waals surface area contributed by atoms with Crippen molar-refractivity contribution in [3.05, 3.63) is 119 Å². The number of halogens is 1. The third-order valence-electron chi connectivity index (χ3n) is 5.31. The van der Waals surface area contributed by atoms with Crippen LogP contribution in [0.15, 0.2) is 120 Å². The molecule has 0 saturated heterocycles. The summed E-state index contributed by atoms with van der Waals surface area (Å²) >= 11 is 2.30. The Hall–Kier alpha value is -3.43. The fourth-order valence-electron chi connectivity index (χ4n) is 3.74. The number of aromatic nitrogens is 2. The van der Waals surface area contributed by atoms with Crippen LogP contribution in [0.1, 0.15) is 0 Å². The fourth-order valence-corrected chi connectivity index (χ4v) is 5.38. The van der Waals surface area contributed by atoms with Gasteiger partial charge in [-0.3, -0.25) is 0 Å². The zero-order valence-electron chi connectivity index (χ0n) is 17.9. The third kappa shape index (κ3) is 4.36. The summed E-state index contributed by atoms with van der Waals surface area (Å²) in [7, 11) is -4.02. The third-order valence-corrected chi connectivity index (χ3v) is 7.50. The van der Waals surface area contributed by atoms with Gasteiger partial charge in [-0.2, -0.15) is 13.5 Å². The Morgan fingerprint density at radius 2 is 1.26 bits per heavy atom. The molecule has 0 aliphatic heterocycles. The molecular formula is C27H19IN2O3S. The number of para-hydroxylation sites is 2. The molecule has 0 amide bonds. The van der Waals surface area contributed by atoms with Crippen LogP contribution in [-0.4, -0.2) is 18.2 Å². The molecule has 5 aromatic rings. The molecule has 0 aliphatic carbocycles. The Labute approximate surface area is 211 Å². The fraction of sp³-hybridized carbons (Fsp3) is 0. The zero-order chi connectivity index (χ0) is 23.5. The molecule has 0 bridgehead atoms. The van der Waals surface area contributed by atoms with Crippen LogP contribution in [0.25, 0.3) is 28.1 Å². The zero-order valence-corrected chi connectivity index (χ0v) is 20.8. The summed E-state index contributed by atoms with van der Waals surface area (Å²) < 4.78 is 34.6. The summed E-state index contributed by atoms with van der Waals surface area (Å²) in [5, 5.41) is 4.68. The Morgan fingerprint density at radius 3 is 1.97 bits per heavy atom. The maximum absolute atomic E-state index is 13.0. The molecule has 5 rings (SSSR count). The minimum Gasteiger partial charge on any atom is -0.378 e. The maximum atomic E-state index is 13.0. The molecule has 34 heavy (non-hydrogen) atoms. The minimum atomic E-state index is -4.02. The van der Waals surface area contributed by atoms with Gasteiger partial charge in [0, 0.05) is 14.7 Å². The van der Waals surface area contributed by atoms with Crippen LogP contribution in [-0.2, 0) is 10.1 Å². The first-order valence-corrected chi connectivity index (χ1v) is 13.0. The van der Waals surface area contributed by atoms with Crippen molar-refractivity contribution in [2.24, 2.45) is 0 Å². The van der Waals surface area contributed by atoms with Crippen molar-refractivity contribution in [3.8, 4) is 33.8 Å². The second-order valence-corrected chi connectivity index (χ2v) is 10.2. The molecule has 1 aromatic heterocycles. The molecule has 4 aromatic carbocycles. The van der Waals surface area contributed by atoms with E-state index in [4.69, 9.17) is 4.18 Å². The Bertz CT molecular complexity index is 1550. The topological polar surface area (TPSA) is 61.2 Å². The highest BCUT2D eigenvalue weighted by molar-refractivity contribution is 14.1. The predicted octanol–water partition coefficient (Wildman–Crippen LogP) is 6.58. The summed E-state index contributed by atoms with van der Waals surface area (Å²) in [5.74, 6) is 0.233. The van der Waals surface area contributed by atoms with Crippen LogP contribution >= 0.6 is 22.6 Å². The molecule has 7 heteroatoms. The van der Waals surface area contributed by atoms with E-state index in [1.54, 1.807) is 30.3 Å². The van der Waals surface area contributed by atoms with E-state index in [1.807, 2.05) is 77.6 Å². The van der Waals surface area contributed by atoms with E-state index in [9.17, 15) is 8.42 Å². The van der Waals surface area contributed by atoms with Gasteiger partial charge in [0.25, 0.3) is 0 Å². The summed E-state index contributed by atoms with van der Waals surface area (Å²) in [5.41, 5.74) is 4.10. The SMILES string of the molecule is O=S(=O)(Oc1ccccc1-c1c(-c2ccccc2I)cnn1-c1ccccc1)c1ccccc1. The van der Waals surface area contributed by atoms with Crippen LogP contribution in [0.4, 0.5) is 0 Å². The van der Waals surface area contributed by atoms with Gasteiger partial charge in [-0.05, 0) is 70.6 Å². The summed E-state index contributed by atoms with van der Waals surface area (Å²) in [6, 6.07) is 33.0. The lowest BCUT2D eigenvalue weighted by atomic mass is 10.0. The standard InChI is InChI=1S/C27H19IN2O3S/c28-25-17-9-7-15-22(25)24-19-29-30(20-11-3-1-4-12-20)27(24)23-16-8-10-18-26(23)33-34(31,32)21-13-5-2-6-14-21/h1-19H. The number of hydrogen-bond donors (Lipinski definition) is 0. The minimum absolute atomic E-state index is 0.0965. The Morgan fingerprint density at radius 1 is 0.676 bits per heavy atom. The molecule has 0 fully saturated rings. The average Bonchev–Trinajstić information content (AvgIpc) is 3.30. The summed E-state index contributed by atoms with van der Waals surface area (Å²) in [6.07, 6.45) is 1.81. The number of benzene rings is 4. The molecule has 0 aliphatic rings. The van der Waals surface area contributed by atoms with E-state index in [1.165, 1.54) is 12.1 Å². The first-order valence-electron chi connectivity index (χ1n) is 10.5. The van der Waals surface area contributed by atoms with E-state index in [-0.39, 0.29) is 10.6 Å². The van der Waals surface area contributed by atoms with Crippen LogP contribution < -0.4 is 4.18 Å². The van der Waals surface area contributed by atoms with Gasteiger partial charge < -0.3 is 4.18 Å². The highest BCUT2D eigenvalue weighted by Gasteiger charge is 2.24. The van der Waals surface area contributed by atoms with Gasteiger partial charge in [0.2, 0.25) is 0 Å². The second kappa shape index (κ2) is 9.44. The predicted molar refractivity (Wildman–Crippen MR) is 141 cm³/mol. The van der Waals surface area contributed by atoms with E-state index in [2.05, 4.69) is 27.7 Å². The molecular weight excluding hydrogens is 559 g/mol. The van der Waals surface area contributed by atoms with Gasteiger partial charge in [0.05, 0.1) is 17.6 Å². The van der Waals surface area contributed by atoms with Gasteiger partial charge in [-0.1, -0.05) is 66.7 Å². The van der Waals surface area contributed by atoms with E-state index in [0.29, 0.717) is 5.56 Å². The monoisotopic (exact) mass is 578 g/mol. The van der Waals surface area contributed by atoms with Crippen molar-refractivity contribution in [3.63, 3.8) is 0 Å². The van der Waals surface area contributed by atoms with Crippen molar-refractivity contribution in [1.29, 1.82) is 0 Å². The van der Waals surface area contributed by atoms with Crippen LogP contribution in [0.2, 0.25) is 0 Å². The van der Waals surface area contributed by atoms with Crippen LogP contribution in [0, 0.1) is 3.57 Å². The summed E-state index contributed by atoms with van der Waals surface area (Å²) in [6.45, 7) is 0. The Balaban J connectivity index is 1.72. The van der Waals surface area contributed by atoms with E-state index < -0.39 is 10.1 Å². The molecule has 0 atom stereocenters. The normalized spacial score (nSPS) is 11.3. The van der Waals surface area contributed by atoms with Gasteiger partial charge >= 0.3 is 10.1 Å². The van der Waals surface area contributed by atoms with Crippen LogP contribution in [0.5, 0.6) is 5.75 Å². The first kappa shape index (κ1) is 22.4. The maximum Gasteiger partial charge on any atom is 0.339 e. The largest absolute Gasteiger partial charge is 0.378 e. The molecule has 0 saturated carbocycles. The lowest BCUT2D eigenvalue weighted by molar-refractivity contribution is 0.486. The number of hydrogen-bond acceptors (Lipinski definition) is 4. The molecule has 0 spiro atoms. The van der Waals surface area contributed by atoms with Gasteiger partial charge in [-0.15, -0.1) is 0 Å². The lowest BCUT2D eigenvalue weighted by Crippen LogP contribution is -2.11. The highest BCUT2D eigenvalue weighted by Crippen LogP contribution is 2.40. The molecule has 1 heterocycles. The van der Waals surface area contributed by atoms with E-state index >= 15 is 0 Å². The number of rotatable bonds is 6. The quantitative estimate of drug-likeness (QED) is 0.169. The average molecular weight is 578 g/mol. The second-order valence-electron chi connectivity index (χ2n) is 7.48. The van der Waals surface area contributed by atoms with Crippen molar-refractivity contribution >= 4 is 32.7 Å². The van der Waals surface area contributed by atoms with Crippen molar-refractivity contribution < 1.29 is 12.6 Å². The van der Waals surface area contributed by atoms with Gasteiger partial charge in [0.1, 0.15) is 4.90 Å². The smallest absolute Gasteiger partial charge is 0.339 e. The van der Waals surface area contributed by atoms with E-state index in [0.717, 1.165) is 26.1 Å². The van der Waals surface area contributed by atoms with Gasteiger partial charge in [-0.25, -0.2) is 4.68 Å². The number of nitrogens with zero attached hydrogens (tertiary/aromatic N) is 2. The molecule has 0 unspecified atom stereocenters. The van der Waals surface area contributed by atoms with Crippen molar-refractivity contribution in [2.45, 2.75) is 4.90 Å². The molecule has 5 nitrogen and oxygen atoms in total. The van der Waals surface area contributed by atoms with Crippen molar-refractivity contribution in [1.82, 2.24) is 9.78 Å². The molecule has 0 N–H and O–H groups in total. The summed E-state index contributed by atoms with van der Waals surface area (Å²) in [4.78, 5) is 0.0965. The lowest BCUT2D eigenvalue weighted by Gasteiger charge is -2.15. The molecule has 168 valence electrons. The van der Waals surface area contributed by atoms with Gasteiger partial charge in [0.15, 0.2) is 5.75 Å². The highest BCUT2D eigenvalue weighted by atomic mass is 127. The molecule has 0 radical (unpaired) electrons. The van der Waals surface area contributed by atoms with Crippen LogP contribution in [0.3, 0.4) is 0 Å². The Kier molecular flexibility index (Phi) is 6.21.